The lowest BCUT2D eigenvalue weighted by Gasteiger charge is -2.28. The number of hydrogen-bond donors (Lipinski definition) is 17. The van der Waals surface area contributed by atoms with Crippen molar-refractivity contribution in [1.29, 1.82) is 0 Å². The van der Waals surface area contributed by atoms with E-state index in [1.54, 1.807) is 44.2 Å². The van der Waals surface area contributed by atoms with Crippen molar-refractivity contribution in [1.82, 2.24) is 47.9 Å². The van der Waals surface area contributed by atoms with E-state index in [-0.39, 0.29) is 74.4 Å². The number of carboxylic acid groups (broad SMARTS) is 1. The van der Waals surface area contributed by atoms with Gasteiger partial charge in [-0.05, 0) is 78.0 Å². The van der Waals surface area contributed by atoms with Gasteiger partial charge in [-0.2, -0.15) is 0 Å². The molecule has 0 aliphatic heterocycles. The number of nitrogens with one attached hydrogen (secondary N) is 9. The maximum Gasteiger partial charge on any atom is 0.326 e. The molecule has 0 saturated heterocycles. The zero-order valence-corrected chi connectivity index (χ0v) is 48.5. The zero-order valence-electron chi connectivity index (χ0n) is 48.5. The highest BCUT2D eigenvalue weighted by Crippen LogP contribution is 2.16. The molecule has 3 rings (SSSR count). The second-order valence-electron chi connectivity index (χ2n) is 21.4. The highest BCUT2D eigenvalue weighted by Gasteiger charge is 2.35. The molecule has 28 nitrogen and oxygen atoms in total. The van der Waals surface area contributed by atoms with Gasteiger partial charge in [-0.3, -0.25) is 48.1 Å². The largest absolute Gasteiger partial charge is 0.508 e. The van der Waals surface area contributed by atoms with Crippen molar-refractivity contribution < 1.29 is 73.5 Å². The molecule has 0 aromatic heterocycles. The van der Waals surface area contributed by atoms with Crippen LogP contribution in [0.25, 0.3) is 0 Å². The summed E-state index contributed by atoms with van der Waals surface area (Å²) in [5.74, 6) is -11.1. The second-order valence-corrected chi connectivity index (χ2v) is 21.4. The summed E-state index contributed by atoms with van der Waals surface area (Å²) >= 11 is 0. The third-order valence-electron chi connectivity index (χ3n) is 13.2. The Balaban J connectivity index is 1.90. The van der Waals surface area contributed by atoms with Crippen LogP contribution in [0.1, 0.15) is 77.5 Å². The van der Waals surface area contributed by atoms with Crippen LogP contribution in [-0.4, -0.2) is 171 Å². The quantitative estimate of drug-likeness (QED) is 0.0158. The summed E-state index contributed by atoms with van der Waals surface area (Å²) in [6.07, 6.45) is -0.549. The number of phenolic OH excluding ortho intramolecular Hbond substituents is 2. The first-order valence-corrected chi connectivity index (χ1v) is 27.7. The van der Waals surface area contributed by atoms with E-state index in [0.29, 0.717) is 16.7 Å². The van der Waals surface area contributed by atoms with Crippen LogP contribution in [-0.2, 0) is 67.2 Å². The van der Waals surface area contributed by atoms with E-state index in [1.807, 2.05) is 13.8 Å². The van der Waals surface area contributed by atoms with Crippen molar-refractivity contribution in [2.75, 3.05) is 26.3 Å². The van der Waals surface area contributed by atoms with Crippen molar-refractivity contribution in [2.24, 2.45) is 39.9 Å². The van der Waals surface area contributed by atoms with Gasteiger partial charge < -0.3 is 90.6 Å². The molecule has 9 amide bonds. The Labute approximate surface area is 492 Å². The fourth-order valence-corrected chi connectivity index (χ4v) is 8.31. The van der Waals surface area contributed by atoms with Gasteiger partial charge in [0.2, 0.25) is 53.2 Å². The molecule has 0 spiro atoms. The van der Waals surface area contributed by atoms with Crippen molar-refractivity contribution in [3.8, 4) is 11.5 Å². The van der Waals surface area contributed by atoms with Gasteiger partial charge in [0, 0.05) is 25.8 Å². The molecule has 9 atom stereocenters. The topological polar surface area (TPSA) is 471 Å². The van der Waals surface area contributed by atoms with Gasteiger partial charge >= 0.3 is 5.97 Å². The number of rotatable bonds is 35. The second kappa shape index (κ2) is 35.3. The normalized spacial score (nSPS) is 14.3. The fourth-order valence-electron chi connectivity index (χ4n) is 8.31. The molecule has 0 aliphatic rings. The molecule has 0 heterocycles. The van der Waals surface area contributed by atoms with Crippen molar-refractivity contribution in [3.05, 3.63) is 95.6 Å². The van der Waals surface area contributed by atoms with Gasteiger partial charge in [0.15, 0.2) is 5.96 Å². The number of aromatic hydroxyl groups is 2. The summed E-state index contributed by atoms with van der Waals surface area (Å²) in [5.41, 5.74) is 18.6. The van der Waals surface area contributed by atoms with Crippen LogP contribution in [0.3, 0.4) is 0 Å². The Morgan fingerprint density at radius 2 is 0.882 bits per heavy atom. The van der Waals surface area contributed by atoms with Gasteiger partial charge in [-0.15, -0.1) is 0 Å². The first-order chi connectivity index (χ1) is 40.1. The third kappa shape index (κ3) is 24.8. The van der Waals surface area contributed by atoms with Crippen LogP contribution in [0, 0.1) is 17.8 Å². The van der Waals surface area contributed by atoms with Crippen LogP contribution in [0.2, 0.25) is 0 Å². The lowest BCUT2D eigenvalue weighted by atomic mass is 9.99. The number of phenols is 2. The van der Waals surface area contributed by atoms with Gasteiger partial charge in [-0.1, -0.05) is 96.1 Å². The Hall–Kier alpha value is -8.89. The molecule has 28 heteroatoms. The number of aliphatic hydroxyl groups excluding tert-OH is 2. The first-order valence-electron chi connectivity index (χ1n) is 27.7. The van der Waals surface area contributed by atoms with Gasteiger partial charge in [-0.25, -0.2) is 4.79 Å². The molecule has 20 N–H and O–H groups in total. The summed E-state index contributed by atoms with van der Waals surface area (Å²) in [6.45, 7) is 7.33. The predicted molar refractivity (Wildman–Crippen MR) is 311 cm³/mol. The van der Waals surface area contributed by atoms with Gasteiger partial charge in [0.05, 0.1) is 25.8 Å². The SMILES string of the molecule is CC(C)C[C@H](NC(=O)[C@@H](N)C(C)C)C(=O)N[C@@H](Cc1ccc(O)cc1)C(=O)N[C@@H](CCCN=C(N)N)C(=O)N[C@@H](Cc1ccc(O)cc1)C(=O)NCC(=O)N[C@@H](CO)C(=O)N[C@@H](Cc1ccccc1)C(=O)N[C@@H](CO)C(=O)N[C@H](C(=O)O)C(C)C. The van der Waals surface area contributed by atoms with Gasteiger partial charge in [0.25, 0.3) is 0 Å². The summed E-state index contributed by atoms with van der Waals surface area (Å²) in [5, 5.41) is 72.2. The van der Waals surface area contributed by atoms with Crippen LogP contribution in [0.15, 0.2) is 83.9 Å². The molecule has 466 valence electrons. The Bertz CT molecular complexity index is 2750. The molecular formula is C57H83N13O15. The van der Waals surface area contributed by atoms with E-state index in [1.165, 1.54) is 62.4 Å². The minimum absolute atomic E-state index is 0.0109. The number of carboxylic acids is 1. The summed E-state index contributed by atoms with van der Waals surface area (Å²) in [7, 11) is 0. The minimum atomic E-state index is -1.75. The molecule has 0 fully saturated rings. The summed E-state index contributed by atoms with van der Waals surface area (Å²) in [4.78, 5) is 140. The number of carbonyl (C=O) groups is 10. The van der Waals surface area contributed by atoms with Crippen LogP contribution < -0.4 is 65.1 Å². The van der Waals surface area contributed by atoms with Gasteiger partial charge in [0.1, 0.15) is 59.8 Å². The first kappa shape index (κ1) is 70.4. The molecule has 0 aliphatic carbocycles. The van der Waals surface area contributed by atoms with Crippen LogP contribution in [0.4, 0.5) is 0 Å². The number of hydrogen-bond acceptors (Lipinski definition) is 16. The molecule has 3 aromatic rings. The van der Waals surface area contributed by atoms with E-state index in [9.17, 15) is 73.5 Å². The van der Waals surface area contributed by atoms with E-state index in [4.69, 9.17) is 17.2 Å². The van der Waals surface area contributed by atoms with Crippen molar-refractivity contribution in [3.63, 3.8) is 0 Å². The average Bonchev–Trinajstić information content (AvgIpc) is 3.55. The Morgan fingerprint density at radius 1 is 0.482 bits per heavy atom. The third-order valence-corrected chi connectivity index (χ3v) is 13.2. The lowest BCUT2D eigenvalue weighted by molar-refractivity contribution is -0.144. The van der Waals surface area contributed by atoms with E-state index in [2.05, 4.69) is 52.8 Å². The fraction of sp³-hybridized carbons (Fsp3) is 0.491. The number of nitrogens with two attached hydrogens (primary N) is 3. The number of amides is 9. The maximum atomic E-state index is 14.5. The van der Waals surface area contributed by atoms with E-state index < -0.39 is 139 Å². The molecule has 85 heavy (non-hydrogen) atoms. The molecule has 0 unspecified atom stereocenters. The van der Waals surface area contributed by atoms with Crippen LogP contribution >= 0.6 is 0 Å². The Morgan fingerprint density at radius 3 is 1.33 bits per heavy atom. The predicted octanol–water partition coefficient (Wildman–Crippen LogP) is -3.07. The van der Waals surface area contributed by atoms with E-state index >= 15 is 0 Å². The number of aliphatic imine (C=N–C) groups is 1. The van der Waals surface area contributed by atoms with E-state index in [0.717, 1.165) is 0 Å². The molecule has 3 aromatic carbocycles. The highest BCUT2D eigenvalue weighted by atomic mass is 16.4. The van der Waals surface area contributed by atoms with Crippen molar-refractivity contribution in [2.45, 2.75) is 134 Å². The molecule has 0 radical (unpaired) electrons. The molecule has 0 saturated carbocycles. The smallest absolute Gasteiger partial charge is 0.326 e. The number of aliphatic carboxylic acids is 1. The molecular weight excluding hydrogens is 1110 g/mol. The van der Waals surface area contributed by atoms with Crippen molar-refractivity contribution >= 4 is 65.1 Å². The Kier molecular flexibility index (Phi) is 29.2. The number of aliphatic hydroxyl groups is 2. The monoisotopic (exact) mass is 1190 g/mol. The highest BCUT2D eigenvalue weighted by molar-refractivity contribution is 5.98. The number of nitrogens with zero attached hydrogens (tertiary/aromatic N) is 1. The summed E-state index contributed by atoms with van der Waals surface area (Å²) < 4.78 is 0. The zero-order chi connectivity index (χ0) is 63.5. The number of guanidine groups is 1. The number of carbonyl (C=O) groups excluding carboxylic acids is 9. The molecule has 0 bridgehead atoms. The average molecular weight is 1190 g/mol. The minimum Gasteiger partial charge on any atom is -0.508 e. The summed E-state index contributed by atoms with van der Waals surface area (Å²) in [6, 6.07) is 6.78. The lowest BCUT2D eigenvalue weighted by Crippen LogP contribution is -2.60. The standard InChI is InChI=1S/C57H83N13O15/c1-30(2)23-39(68-55(83)46(58)31(3)4)50(78)66-42(26-35-16-20-37(74)21-17-35)51(79)64-38(13-10-22-61-57(59)60)49(77)65-40(25-34-14-18-36(73)19-15-34)48(76)62-27-45(75)63-43(28-71)53(81)67-41(24-33-11-8-7-9-12-33)52(80)69-44(29-72)54(82)70-47(32(5)6)56(84)85/h7-9,11-12,14-21,30-32,38-44,46-47,71-74H,10,13,22-29,58H2,1-6H3,(H,62,76)(H,63,75)(H,64,79)(H,65,77)(H,66,78)(H,67,81)(H,68,83)(H,69,80)(H,70,82)(H,84,85)(H4,59,60,61)/t38-,39-,40-,41-,42-,43-,44-,46-,47-/m0/s1. The number of benzene rings is 3. The maximum absolute atomic E-state index is 14.5. The van der Waals surface area contributed by atoms with Crippen LogP contribution in [0.5, 0.6) is 11.5 Å².